The van der Waals surface area contributed by atoms with Crippen molar-refractivity contribution in [3.63, 3.8) is 0 Å². The predicted molar refractivity (Wildman–Crippen MR) is 104 cm³/mol. The van der Waals surface area contributed by atoms with Crippen molar-refractivity contribution in [3.8, 4) is 5.75 Å². The van der Waals surface area contributed by atoms with Crippen molar-refractivity contribution in [1.29, 1.82) is 0 Å². The number of carbonyl (C=O) groups is 1. The molecule has 0 N–H and O–H groups in total. The molecule has 0 radical (unpaired) electrons. The van der Waals surface area contributed by atoms with Crippen LogP contribution in [0.4, 0.5) is 4.79 Å². The van der Waals surface area contributed by atoms with E-state index >= 15 is 0 Å². The molecule has 0 aliphatic carbocycles. The second-order valence-electron chi connectivity index (χ2n) is 6.64. The van der Waals surface area contributed by atoms with Crippen LogP contribution in [-0.4, -0.2) is 37.3 Å². The second kappa shape index (κ2) is 11.5. The largest absolute Gasteiger partial charge is 0.489 e. The summed E-state index contributed by atoms with van der Waals surface area (Å²) in [6, 6.07) is 5.19. The molecule has 1 aromatic carbocycles. The molecular weight excluding hydrogens is 361 g/mol. The molecule has 1 rings (SSSR count). The molecule has 0 heterocycles. The zero-order valence-electron chi connectivity index (χ0n) is 15.6. The third kappa shape index (κ3) is 8.68. The quantitative estimate of drug-likeness (QED) is 0.488. The lowest BCUT2D eigenvalue weighted by atomic mass is 10.1. The van der Waals surface area contributed by atoms with Gasteiger partial charge in [0, 0.05) is 31.1 Å². The van der Waals surface area contributed by atoms with Crippen LogP contribution in [0.15, 0.2) is 18.2 Å². The Hall–Kier alpha value is -1.13. The number of rotatable bonds is 10. The van der Waals surface area contributed by atoms with E-state index in [0.717, 1.165) is 19.3 Å². The Balaban J connectivity index is 2.60. The maximum atomic E-state index is 12.0. The standard InChI is InChI=1S/C19H29Cl2NO3/c1-5-6-7-16(25-18-12-15(20)8-9-17(18)21)10-11-22(4)19(23)24-13-14(2)3/h8-9,12,14,16H,5-7,10-11,13H2,1-4H3. The lowest BCUT2D eigenvalue weighted by molar-refractivity contribution is 0.0929. The summed E-state index contributed by atoms with van der Waals surface area (Å²) in [5.41, 5.74) is 0. The van der Waals surface area contributed by atoms with Crippen molar-refractivity contribution in [2.24, 2.45) is 5.92 Å². The second-order valence-corrected chi connectivity index (χ2v) is 7.48. The first kappa shape index (κ1) is 21.9. The number of carbonyl (C=O) groups excluding carboxylic acids is 1. The van der Waals surface area contributed by atoms with Crippen LogP contribution in [-0.2, 0) is 4.74 Å². The van der Waals surface area contributed by atoms with Crippen molar-refractivity contribution < 1.29 is 14.3 Å². The van der Waals surface area contributed by atoms with Crippen LogP contribution in [0.3, 0.4) is 0 Å². The van der Waals surface area contributed by atoms with E-state index in [-0.39, 0.29) is 12.2 Å². The van der Waals surface area contributed by atoms with Crippen LogP contribution in [0, 0.1) is 5.92 Å². The number of ether oxygens (including phenoxy) is 2. The molecule has 0 aromatic heterocycles. The molecule has 1 aromatic rings. The summed E-state index contributed by atoms with van der Waals surface area (Å²) in [4.78, 5) is 13.5. The molecular formula is C19H29Cl2NO3. The number of benzene rings is 1. The van der Waals surface area contributed by atoms with Gasteiger partial charge in [-0.05, 0) is 24.5 Å². The van der Waals surface area contributed by atoms with Crippen LogP contribution < -0.4 is 4.74 Å². The third-order valence-electron chi connectivity index (χ3n) is 3.70. The first-order valence-corrected chi connectivity index (χ1v) is 9.58. The molecule has 1 unspecified atom stereocenters. The highest BCUT2D eigenvalue weighted by atomic mass is 35.5. The molecule has 0 fully saturated rings. The normalized spacial score (nSPS) is 12.1. The lowest BCUT2D eigenvalue weighted by Crippen LogP contribution is -2.32. The van der Waals surface area contributed by atoms with Gasteiger partial charge in [0.1, 0.15) is 11.9 Å². The Labute approximate surface area is 161 Å². The van der Waals surface area contributed by atoms with E-state index in [2.05, 4.69) is 6.92 Å². The van der Waals surface area contributed by atoms with E-state index in [1.165, 1.54) is 0 Å². The van der Waals surface area contributed by atoms with Gasteiger partial charge < -0.3 is 14.4 Å². The van der Waals surface area contributed by atoms with Crippen LogP contribution in [0.1, 0.15) is 46.5 Å². The highest BCUT2D eigenvalue weighted by Gasteiger charge is 2.17. The molecule has 0 spiro atoms. The van der Waals surface area contributed by atoms with Gasteiger partial charge in [-0.3, -0.25) is 0 Å². The van der Waals surface area contributed by atoms with Gasteiger partial charge in [0.25, 0.3) is 0 Å². The minimum Gasteiger partial charge on any atom is -0.489 e. The summed E-state index contributed by atoms with van der Waals surface area (Å²) >= 11 is 12.2. The lowest BCUT2D eigenvalue weighted by Gasteiger charge is -2.23. The number of unbranched alkanes of at least 4 members (excludes halogenated alkanes) is 1. The van der Waals surface area contributed by atoms with Crippen molar-refractivity contribution in [3.05, 3.63) is 28.2 Å². The number of amides is 1. The molecule has 142 valence electrons. The van der Waals surface area contributed by atoms with Gasteiger partial charge in [-0.1, -0.05) is 56.8 Å². The Kier molecular flexibility index (Phi) is 10.1. The van der Waals surface area contributed by atoms with E-state index in [4.69, 9.17) is 32.7 Å². The first-order chi connectivity index (χ1) is 11.8. The van der Waals surface area contributed by atoms with Gasteiger partial charge in [-0.15, -0.1) is 0 Å². The fourth-order valence-corrected chi connectivity index (χ4v) is 2.54. The number of halogens is 2. The highest BCUT2D eigenvalue weighted by Crippen LogP contribution is 2.29. The third-order valence-corrected chi connectivity index (χ3v) is 4.25. The summed E-state index contributed by atoms with van der Waals surface area (Å²) < 4.78 is 11.3. The Morgan fingerprint density at radius 1 is 1.24 bits per heavy atom. The van der Waals surface area contributed by atoms with Crippen molar-refractivity contribution in [1.82, 2.24) is 4.90 Å². The predicted octanol–water partition coefficient (Wildman–Crippen LogP) is 6.05. The minimum absolute atomic E-state index is 0.0312. The van der Waals surface area contributed by atoms with Gasteiger partial charge in [-0.2, -0.15) is 0 Å². The summed E-state index contributed by atoms with van der Waals surface area (Å²) in [7, 11) is 1.74. The monoisotopic (exact) mass is 389 g/mol. The average molecular weight is 390 g/mol. The molecule has 0 aliphatic rings. The number of hydrogen-bond donors (Lipinski definition) is 0. The van der Waals surface area contributed by atoms with Crippen LogP contribution in [0.2, 0.25) is 10.0 Å². The zero-order chi connectivity index (χ0) is 18.8. The molecule has 1 amide bonds. The summed E-state index contributed by atoms with van der Waals surface area (Å²) in [5, 5.41) is 1.12. The zero-order valence-corrected chi connectivity index (χ0v) is 17.1. The van der Waals surface area contributed by atoms with Crippen LogP contribution in [0.5, 0.6) is 5.75 Å². The molecule has 0 aliphatic heterocycles. The molecule has 1 atom stereocenters. The highest BCUT2D eigenvalue weighted by molar-refractivity contribution is 6.34. The van der Waals surface area contributed by atoms with Gasteiger partial charge >= 0.3 is 6.09 Å². The maximum Gasteiger partial charge on any atom is 0.409 e. The van der Waals surface area contributed by atoms with E-state index in [1.54, 1.807) is 30.1 Å². The van der Waals surface area contributed by atoms with Crippen LogP contribution in [0.25, 0.3) is 0 Å². The fourth-order valence-electron chi connectivity index (χ4n) is 2.22. The number of nitrogens with zero attached hydrogens (tertiary/aromatic N) is 1. The van der Waals surface area contributed by atoms with E-state index in [1.807, 2.05) is 13.8 Å². The first-order valence-electron chi connectivity index (χ1n) is 8.83. The minimum atomic E-state index is -0.302. The Morgan fingerprint density at radius 2 is 1.96 bits per heavy atom. The summed E-state index contributed by atoms with van der Waals surface area (Å²) in [6.45, 7) is 7.15. The Morgan fingerprint density at radius 3 is 2.60 bits per heavy atom. The van der Waals surface area contributed by atoms with Crippen molar-refractivity contribution in [2.45, 2.75) is 52.6 Å². The van der Waals surface area contributed by atoms with Crippen molar-refractivity contribution in [2.75, 3.05) is 20.2 Å². The van der Waals surface area contributed by atoms with E-state index in [9.17, 15) is 4.79 Å². The molecule has 6 heteroatoms. The fraction of sp³-hybridized carbons (Fsp3) is 0.632. The molecule has 25 heavy (non-hydrogen) atoms. The molecule has 0 saturated heterocycles. The van der Waals surface area contributed by atoms with E-state index in [0.29, 0.717) is 41.3 Å². The molecule has 4 nitrogen and oxygen atoms in total. The van der Waals surface area contributed by atoms with Crippen LogP contribution >= 0.6 is 23.2 Å². The van der Waals surface area contributed by atoms with Gasteiger partial charge in [-0.25, -0.2) is 4.79 Å². The average Bonchev–Trinajstić information content (AvgIpc) is 2.57. The topological polar surface area (TPSA) is 38.8 Å². The maximum absolute atomic E-state index is 12.0. The van der Waals surface area contributed by atoms with E-state index < -0.39 is 0 Å². The summed E-state index contributed by atoms with van der Waals surface area (Å²) in [5.74, 6) is 0.906. The smallest absolute Gasteiger partial charge is 0.409 e. The molecule has 0 saturated carbocycles. The van der Waals surface area contributed by atoms with Gasteiger partial charge in [0.2, 0.25) is 0 Å². The molecule has 0 bridgehead atoms. The Bertz CT molecular complexity index is 537. The van der Waals surface area contributed by atoms with Gasteiger partial charge in [0.15, 0.2) is 0 Å². The van der Waals surface area contributed by atoms with Crippen molar-refractivity contribution >= 4 is 29.3 Å². The number of hydrogen-bond acceptors (Lipinski definition) is 3. The van der Waals surface area contributed by atoms with Gasteiger partial charge in [0.05, 0.1) is 11.6 Å². The SMILES string of the molecule is CCCCC(CCN(C)C(=O)OCC(C)C)Oc1cc(Cl)ccc1Cl. The summed E-state index contributed by atoms with van der Waals surface area (Å²) in [6.07, 6.45) is 3.39.